The van der Waals surface area contributed by atoms with Gasteiger partial charge in [0.1, 0.15) is 0 Å². The fourth-order valence-corrected chi connectivity index (χ4v) is 4.43. The molecule has 1 aliphatic carbocycles. The van der Waals surface area contributed by atoms with Crippen LogP contribution in [-0.4, -0.2) is 27.1 Å². The molecule has 0 fully saturated rings. The van der Waals surface area contributed by atoms with Gasteiger partial charge in [-0.15, -0.1) is 0 Å². The number of hydrogen-bond donors (Lipinski definition) is 2. The van der Waals surface area contributed by atoms with Crippen LogP contribution in [0.4, 0.5) is 0 Å². The molecule has 2 N–H and O–H groups in total. The third-order valence-corrected chi connectivity index (χ3v) is 6.24. The molecule has 0 aliphatic heterocycles. The molecule has 2 amide bonds. The number of thioether (sulfide) groups is 1. The minimum Gasteiger partial charge on any atom is -0.459 e. The molecule has 0 bridgehead atoms. The lowest BCUT2D eigenvalue weighted by Crippen LogP contribution is -2.42. The number of aromatic nitrogens is 2. The summed E-state index contributed by atoms with van der Waals surface area (Å²) in [7, 11) is 0. The van der Waals surface area contributed by atoms with Gasteiger partial charge < -0.3 is 4.42 Å². The number of hydrogen-bond acceptors (Lipinski definition) is 6. The van der Waals surface area contributed by atoms with Crippen molar-refractivity contribution in [2.24, 2.45) is 0 Å². The molecule has 0 saturated heterocycles. The van der Waals surface area contributed by atoms with Crippen molar-refractivity contribution in [3.05, 3.63) is 70.4 Å². The number of rotatable bonds is 7. The molecule has 32 heavy (non-hydrogen) atoms. The number of carbonyl (C=O) groups is 2. The first kappa shape index (κ1) is 21.9. The second-order valence-corrected chi connectivity index (χ2v) is 8.44. The summed E-state index contributed by atoms with van der Waals surface area (Å²) < 4.78 is 6.63. The number of furan rings is 1. The van der Waals surface area contributed by atoms with E-state index in [0.717, 1.165) is 19.3 Å². The zero-order valence-electron chi connectivity index (χ0n) is 17.5. The molecule has 3 aromatic rings. The van der Waals surface area contributed by atoms with Crippen LogP contribution >= 0.6 is 11.8 Å². The van der Waals surface area contributed by atoms with Gasteiger partial charge in [0.15, 0.2) is 10.9 Å². The van der Waals surface area contributed by atoms with Crippen molar-refractivity contribution >= 4 is 34.5 Å². The molecule has 8 nitrogen and oxygen atoms in total. The van der Waals surface area contributed by atoms with Crippen LogP contribution in [-0.2, 0) is 11.3 Å². The van der Waals surface area contributed by atoms with Crippen LogP contribution in [0.15, 0.2) is 68.7 Å². The normalized spacial score (nSPS) is 13.6. The highest BCUT2D eigenvalue weighted by atomic mass is 32.2. The van der Waals surface area contributed by atoms with Gasteiger partial charge in [-0.05, 0) is 56.4 Å². The van der Waals surface area contributed by atoms with Gasteiger partial charge in [-0.2, -0.15) is 0 Å². The van der Waals surface area contributed by atoms with Gasteiger partial charge in [-0.1, -0.05) is 35.5 Å². The number of benzene rings is 1. The molecule has 0 radical (unpaired) electrons. The maximum absolute atomic E-state index is 13.1. The molecule has 1 aromatic carbocycles. The number of carbonyl (C=O) groups excluding carboxylic acids is 2. The van der Waals surface area contributed by atoms with Crippen LogP contribution in [0.2, 0.25) is 0 Å². The molecule has 2 heterocycles. The fourth-order valence-electron chi connectivity index (χ4n) is 3.60. The van der Waals surface area contributed by atoms with Crippen molar-refractivity contribution in [2.45, 2.75) is 43.8 Å². The van der Waals surface area contributed by atoms with E-state index in [-0.39, 0.29) is 17.1 Å². The smallest absolute Gasteiger partial charge is 0.305 e. The van der Waals surface area contributed by atoms with E-state index in [1.165, 1.54) is 42.5 Å². The lowest BCUT2D eigenvalue weighted by atomic mass is 9.97. The SMILES string of the molecule is O=C(CSc1nc2ccccc2c(=O)n1CCC1=CCCCC1)NNC(=O)c1ccco1. The fraction of sp³-hybridized carbons (Fsp3) is 0.304. The summed E-state index contributed by atoms with van der Waals surface area (Å²) in [5.41, 5.74) is 6.51. The highest BCUT2D eigenvalue weighted by molar-refractivity contribution is 7.99. The number of nitrogens with zero attached hydrogens (tertiary/aromatic N) is 2. The number of para-hydroxylation sites is 1. The monoisotopic (exact) mass is 452 g/mol. The number of allylic oxidation sites excluding steroid dienone is 2. The predicted molar refractivity (Wildman–Crippen MR) is 122 cm³/mol. The van der Waals surface area contributed by atoms with Crippen LogP contribution in [0, 0.1) is 0 Å². The third-order valence-electron chi connectivity index (χ3n) is 5.26. The van der Waals surface area contributed by atoms with E-state index in [1.807, 2.05) is 12.1 Å². The van der Waals surface area contributed by atoms with Gasteiger partial charge in [0.05, 0.1) is 22.9 Å². The zero-order valence-corrected chi connectivity index (χ0v) is 18.3. The topological polar surface area (TPSA) is 106 Å². The Morgan fingerprint density at radius 1 is 1.12 bits per heavy atom. The van der Waals surface area contributed by atoms with Crippen molar-refractivity contribution in [1.29, 1.82) is 0 Å². The standard InChI is InChI=1S/C23H24N4O4S/c28-20(25-26-21(29)19-11-6-14-31-19)15-32-23-24-18-10-5-4-9-17(18)22(30)27(23)13-12-16-7-2-1-3-8-16/h4-7,9-11,14H,1-3,8,12-13,15H2,(H,25,28)(H,26,29). The molecule has 2 aromatic heterocycles. The van der Waals surface area contributed by atoms with Crippen molar-refractivity contribution in [3.63, 3.8) is 0 Å². The zero-order chi connectivity index (χ0) is 22.3. The number of fused-ring (bicyclic) bond motifs is 1. The average Bonchev–Trinajstić information content (AvgIpc) is 3.36. The third kappa shape index (κ3) is 5.28. The van der Waals surface area contributed by atoms with E-state index in [9.17, 15) is 14.4 Å². The van der Waals surface area contributed by atoms with E-state index in [0.29, 0.717) is 22.6 Å². The Balaban J connectivity index is 1.46. The van der Waals surface area contributed by atoms with E-state index in [2.05, 4.69) is 21.9 Å². The molecule has 9 heteroatoms. The Bertz CT molecular complexity index is 1200. The van der Waals surface area contributed by atoms with Gasteiger partial charge in [0, 0.05) is 6.54 Å². The molecule has 0 unspecified atom stereocenters. The van der Waals surface area contributed by atoms with Crippen LogP contribution in [0.1, 0.15) is 42.7 Å². The summed E-state index contributed by atoms with van der Waals surface area (Å²) in [6.07, 6.45) is 8.99. The Labute approximate surface area is 189 Å². The first-order chi connectivity index (χ1) is 15.6. The van der Waals surface area contributed by atoms with Gasteiger partial charge in [-0.25, -0.2) is 4.98 Å². The predicted octanol–water partition coefficient (Wildman–Crippen LogP) is 3.43. The largest absolute Gasteiger partial charge is 0.459 e. The summed E-state index contributed by atoms with van der Waals surface area (Å²) in [6, 6.07) is 10.3. The lowest BCUT2D eigenvalue weighted by Gasteiger charge is -2.16. The minimum atomic E-state index is -0.546. The van der Waals surface area contributed by atoms with Gasteiger partial charge in [-0.3, -0.25) is 29.8 Å². The summed E-state index contributed by atoms with van der Waals surface area (Å²) in [5.74, 6) is -0.875. The molecule has 166 valence electrons. The molecular weight excluding hydrogens is 428 g/mol. The Morgan fingerprint density at radius 3 is 2.78 bits per heavy atom. The van der Waals surface area contributed by atoms with Crippen LogP contribution in [0.3, 0.4) is 0 Å². The maximum atomic E-state index is 13.1. The number of amides is 2. The van der Waals surface area contributed by atoms with E-state index in [4.69, 9.17) is 4.42 Å². The second-order valence-electron chi connectivity index (χ2n) is 7.49. The summed E-state index contributed by atoms with van der Waals surface area (Å²) in [4.78, 5) is 41.9. The van der Waals surface area contributed by atoms with E-state index >= 15 is 0 Å². The van der Waals surface area contributed by atoms with Gasteiger partial charge in [0.25, 0.3) is 5.56 Å². The van der Waals surface area contributed by atoms with Crippen molar-refractivity contribution < 1.29 is 14.0 Å². The van der Waals surface area contributed by atoms with E-state index in [1.54, 1.807) is 22.8 Å². The Hall–Kier alpha value is -3.33. The first-order valence-electron chi connectivity index (χ1n) is 10.5. The molecule has 1 aliphatic rings. The molecular formula is C23H24N4O4S. The quantitative estimate of drug-likeness (QED) is 0.246. The number of hydrazine groups is 1. The van der Waals surface area contributed by atoms with Gasteiger partial charge in [0.2, 0.25) is 5.91 Å². The summed E-state index contributed by atoms with van der Waals surface area (Å²) in [6.45, 7) is 0.516. The van der Waals surface area contributed by atoms with Crippen LogP contribution in [0.25, 0.3) is 10.9 Å². The summed E-state index contributed by atoms with van der Waals surface area (Å²) >= 11 is 1.17. The average molecular weight is 453 g/mol. The minimum absolute atomic E-state index is 0.00802. The molecule has 0 saturated carbocycles. The summed E-state index contributed by atoms with van der Waals surface area (Å²) in [5, 5.41) is 1.04. The van der Waals surface area contributed by atoms with Crippen molar-refractivity contribution in [1.82, 2.24) is 20.4 Å². The van der Waals surface area contributed by atoms with E-state index < -0.39 is 11.8 Å². The molecule has 0 spiro atoms. The number of nitrogens with one attached hydrogen (secondary N) is 2. The molecule has 0 atom stereocenters. The highest BCUT2D eigenvalue weighted by Crippen LogP contribution is 2.23. The van der Waals surface area contributed by atoms with Crippen LogP contribution in [0.5, 0.6) is 0 Å². The first-order valence-corrected chi connectivity index (χ1v) is 11.5. The Morgan fingerprint density at radius 2 is 2.00 bits per heavy atom. The van der Waals surface area contributed by atoms with Crippen molar-refractivity contribution in [2.75, 3.05) is 5.75 Å². The van der Waals surface area contributed by atoms with Crippen LogP contribution < -0.4 is 16.4 Å². The second kappa shape index (κ2) is 10.3. The molecule has 4 rings (SSSR count). The Kier molecular flexibility index (Phi) is 7.06. The lowest BCUT2D eigenvalue weighted by molar-refractivity contribution is -0.119. The van der Waals surface area contributed by atoms with Gasteiger partial charge >= 0.3 is 5.91 Å². The van der Waals surface area contributed by atoms with Crippen molar-refractivity contribution in [3.8, 4) is 0 Å². The maximum Gasteiger partial charge on any atom is 0.305 e. The highest BCUT2D eigenvalue weighted by Gasteiger charge is 2.15.